The Morgan fingerprint density at radius 2 is 2.25 bits per heavy atom. The summed E-state index contributed by atoms with van der Waals surface area (Å²) in [6.45, 7) is 5.78. The van der Waals surface area contributed by atoms with Crippen LogP contribution < -0.4 is 10.0 Å². The maximum atomic E-state index is 13.1. The fourth-order valence-electron chi connectivity index (χ4n) is 4.54. The molecule has 28 heavy (non-hydrogen) atoms. The third-order valence-corrected chi connectivity index (χ3v) is 6.13. The van der Waals surface area contributed by atoms with Gasteiger partial charge in [0, 0.05) is 11.5 Å². The minimum Gasteiger partial charge on any atom is -0.619 e. The molecule has 0 aliphatic heterocycles. The summed E-state index contributed by atoms with van der Waals surface area (Å²) in [7, 11) is 0. The van der Waals surface area contributed by atoms with Gasteiger partial charge in [0.25, 0.3) is 5.91 Å². The van der Waals surface area contributed by atoms with Crippen LogP contribution in [-0.4, -0.2) is 38.4 Å². The van der Waals surface area contributed by atoms with E-state index in [0.29, 0.717) is 28.1 Å². The summed E-state index contributed by atoms with van der Waals surface area (Å²) in [5.41, 5.74) is 2.08. The highest BCUT2D eigenvalue weighted by molar-refractivity contribution is 5.94. The number of hydrogen-bond acceptors (Lipinski definition) is 5. The van der Waals surface area contributed by atoms with Crippen LogP contribution in [0.25, 0.3) is 5.82 Å². The number of fused-ring (bicyclic) bond motifs is 3. The Balaban J connectivity index is 1.75. The Morgan fingerprint density at radius 3 is 2.93 bits per heavy atom. The quantitative estimate of drug-likeness (QED) is 0.612. The van der Waals surface area contributed by atoms with Gasteiger partial charge < -0.3 is 15.6 Å². The van der Waals surface area contributed by atoms with E-state index >= 15 is 0 Å². The van der Waals surface area contributed by atoms with E-state index in [1.807, 2.05) is 20.8 Å². The first kappa shape index (κ1) is 18.9. The van der Waals surface area contributed by atoms with Crippen LogP contribution in [0.4, 0.5) is 0 Å². The Hall–Kier alpha value is -2.48. The molecule has 8 nitrogen and oxygen atoms in total. The van der Waals surface area contributed by atoms with E-state index in [-0.39, 0.29) is 24.0 Å². The van der Waals surface area contributed by atoms with Crippen LogP contribution in [0.15, 0.2) is 18.6 Å². The molecule has 0 spiro atoms. The zero-order valence-electron chi connectivity index (χ0n) is 16.6. The summed E-state index contributed by atoms with van der Waals surface area (Å²) >= 11 is 0. The lowest BCUT2D eigenvalue weighted by atomic mass is 9.87. The van der Waals surface area contributed by atoms with Gasteiger partial charge in [0.1, 0.15) is 0 Å². The number of hydrogen-bond donors (Lipinski definition) is 2. The molecule has 8 heteroatoms. The molecule has 2 aliphatic carbocycles. The molecular formula is C20H27N5O3. The maximum Gasteiger partial charge on any atom is 0.272 e. The first-order chi connectivity index (χ1) is 13.3. The number of carbonyl (C=O) groups is 1. The molecule has 1 saturated carbocycles. The predicted octanol–water partition coefficient (Wildman–Crippen LogP) is 1.48. The van der Waals surface area contributed by atoms with Crippen molar-refractivity contribution in [3.8, 4) is 5.82 Å². The van der Waals surface area contributed by atoms with Gasteiger partial charge in [0.15, 0.2) is 11.9 Å². The van der Waals surface area contributed by atoms with E-state index in [2.05, 4.69) is 15.4 Å². The first-order valence-electron chi connectivity index (χ1n) is 9.88. The van der Waals surface area contributed by atoms with Crippen LogP contribution in [0.3, 0.4) is 0 Å². The van der Waals surface area contributed by atoms with Crippen LogP contribution in [0.2, 0.25) is 0 Å². The number of aliphatic hydroxyl groups excluding tert-OH is 1. The molecule has 0 radical (unpaired) electrons. The number of nitrogens with zero attached hydrogens (tertiary/aromatic N) is 4. The fourth-order valence-corrected chi connectivity index (χ4v) is 4.54. The summed E-state index contributed by atoms with van der Waals surface area (Å²) < 4.78 is 2.37. The van der Waals surface area contributed by atoms with Gasteiger partial charge in [0.2, 0.25) is 12.0 Å². The lowest BCUT2D eigenvalue weighted by molar-refractivity contribution is -0.605. The van der Waals surface area contributed by atoms with Gasteiger partial charge in [-0.05, 0) is 30.6 Å². The highest BCUT2D eigenvalue weighted by atomic mass is 16.5. The molecule has 3 atom stereocenters. The Bertz CT molecular complexity index is 902. The van der Waals surface area contributed by atoms with Gasteiger partial charge in [-0.2, -0.15) is 9.83 Å². The van der Waals surface area contributed by atoms with Crippen molar-refractivity contribution in [3.05, 3.63) is 40.7 Å². The number of aromatic nitrogens is 4. The molecular weight excluding hydrogens is 358 g/mol. The average molecular weight is 385 g/mol. The summed E-state index contributed by atoms with van der Waals surface area (Å²) in [6.07, 6.45) is 8.35. The van der Waals surface area contributed by atoms with Gasteiger partial charge in [0.05, 0.1) is 24.5 Å². The van der Waals surface area contributed by atoms with Gasteiger partial charge in [-0.3, -0.25) is 4.79 Å². The molecule has 2 aromatic heterocycles. The second kappa shape index (κ2) is 6.84. The number of carbonyl (C=O) groups excluding carboxylic acids is 1. The molecule has 150 valence electrons. The van der Waals surface area contributed by atoms with E-state index in [9.17, 15) is 15.1 Å². The molecule has 2 aromatic rings. The number of aliphatic hydroxyl groups is 1. The number of nitrogens with one attached hydrogen (secondary N) is 1. The van der Waals surface area contributed by atoms with Crippen molar-refractivity contribution in [1.29, 1.82) is 0 Å². The topological polar surface area (TPSA) is 107 Å². The van der Waals surface area contributed by atoms with Crippen molar-refractivity contribution in [2.75, 3.05) is 6.61 Å². The third-order valence-electron chi connectivity index (χ3n) is 6.13. The summed E-state index contributed by atoms with van der Waals surface area (Å²) in [5, 5.41) is 29.0. The van der Waals surface area contributed by atoms with Gasteiger partial charge in [-0.1, -0.05) is 27.2 Å². The summed E-state index contributed by atoms with van der Waals surface area (Å²) in [5.74, 6) is 1.01. The van der Waals surface area contributed by atoms with Crippen molar-refractivity contribution in [1.82, 2.24) is 20.1 Å². The zero-order valence-corrected chi connectivity index (χ0v) is 16.6. The van der Waals surface area contributed by atoms with E-state index in [4.69, 9.17) is 0 Å². The predicted molar refractivity (Wildman–Crippen MR) is 102 cm³/mol. The SMILES string of the molecule is CC(C)(C)C(CO)NC(=O)c1nn(-c2c[n+]([O-])ccn2)c2c1CC1CCCC21. The normalized spacial score (nSPS) is 22.0. The van der Waals surface area contributed by atoms with E-state index in [1.54, 1.807) is 4.68 Å². The van der Waals surface area contributed by atoms with Crippen LogP contribution in [0.5, 0.6) is 0 Å². The smallest absolute Gasteiger partial charge is 0.272 e. The van der Waals surface area contributed by atoms with E-state index in [0.717, 1.165) is 30.5 Å². The Kier molecular flexibility index (Phi) is 4.61. The van der Waals surface area contributed by atoms with Crippen LogP contribution in [0.1, 0.15) is 67.7 Å². The molecule has 1 fully saturated rings. The minimum absolute atomic E-state index is 0.139. The summed E-state index contributed by atoms with van der Waals surface area (Å²) in [4.78, 5) is 17.4. The third kappa shape index (κ3) is 3.15. The average Bonchev–Trinajstić information content (AvgIpc) is 3.29. The monoisotopic (exact) mass is 385 g/mol. The molecule has 1 amide bonds. The largest absolute Gasteiger partial charge is 0.619 e. The standard InChI is InChI=1S/C20H27N5O3/c1-20(2,3)15(11-26)22-19(27)17-14-9-12-5-4-6-13(12)18(14)25(23-17)16-10-24(28)8-7-21-16/h7-8,10,12-13,15,26H,4-6,9,11H2,1-3H3,(H,22,27). The highest BCUT2D eigenvalue weighted by Gasteiger charge is 2.43. The van der Waals surface area contributed by atoms with Crippen LogP contribution >= 0.6 is 0 Å². The van der Waals surface area contributed by atoms with Crippen molar-refractivity contribution in [2.45, 2.75) is 58.4 Å². The van der Waals surface area contributed by atoms with Crippen molar-refractivity contribution in [3.63, 3.8) is 0 Å². The molecule has 3 unspecified atom stereocenters. The van der Waals surface area contributed by atoms with Crippen molar-refractivity contribution in [2.24, 2.45) is 11.3 Å². The van der Waals surface area contributed by atoms with Crippen molar-refractivity contribution < 1.29 is 14.6 Å². The number of rotatable bonds is 4. The summed E-state index contributed by atoms with van der Waals surface area (Å²) in [6, 6.07) is -0.375. The molecule has 0 saturated heterocycles. The van der Waals surface area contributed by atoms with Gasteiger partial charge >= 0.3 is 0 Å². The maximum absolute atomic E-state index is 13.1. The Morgan fingerprint density at radius 1 is 1.46 bits per heavy atom. The second-order valence-corrected chi connectivity index (χ2v) is 8.97. The lowest BCUT2D eigenvalue weighted by Crippen LogP contribution is -2.46. The molecule has 2 aliphatic rings. The lowest BCUT2D eigenvalue weighted by Gasteiger charge is -2.29. The number of amides is 1. The minimum atomic E-state index is -0.375. The van der Waals surface area contributed by atoms with E-state index in [1.165, 1.54) is 25.0 Å². The highest BCUT2D eigenvalue weighted by Crippen LogP contribution is 2.49. The fraction of sp³-hybridized carbons (Fsp3) is 0.600. The Labute approximate surface area is 164 Å². The van der Waals surface area contributed by atoms with E-state index < -0.39 is 0 Å². The zero-order chi connectivity index (χ0) is 20.1. The van der Waals surface area contributed by atoms with Crippen molar-refractivity contribution >= 4 is 5.91 Å². The molecule has 4 rings (SSSR count). The molecule has 0 bridgehead atoms. The second-order valence-electron chi connectivity index (χ2n) is 8.97. The van der Waals surface area contributed by atoms with Crippen LogP contribution in [-0.2, 0) is 6.42 Å². The molecule has 2 heterocycles. The van der Waals surface area contributed by atoms with Gasteiger partial charge in [-0.25, -0.2) is 9.67 Å². The van der Waals surface area contributed by atoms with Crippen LogP contribution in [0, 0.1) is 16.5 Å². The first-order valence-corrected chi connectivity index (χ1v) is 9.88. The van der Waals surface area contributed by atoms with Gasteiger partial charge in [-0.15, -0.1) is 0 Å². The molecule has 2 N–H and O–H groups in total. The molecule has 0 aromatic carbocycles.